The van der Waals surface area contributed by atoms with Crippen LogP contribution in [-0.4, -0.2) is 35.2 Å². The topological polar surface area (TPSA) is 56.5 Å². The van der Waals surface area contributed by atoms with E-state index in [1.54, 1.807) is 25.1 Å². The molecule has 16 heavy (non-hydrogen) atoms. The average molecular weight is 228 g/mol. The molecule has 0 aromatic carbocycles. The molecule has 2 atom stereocenters. The van der Waals surface area contributed by atoms with Gasteiger partial charge in [-0.1, -0.05) is 0 Å². The van der Waals surface area contributed by atoms with Crippen molar-refractivity contribution in [2.45, 2.75) is 39.0 Å². The van der Waals surface area contributed by atoms with Gasteiger partial charge in [-0.15, -0.1) is 0 Å². The first-order valence-corrected chi connectivity index (χ1v) is 5.35. The smallest absolute Gasteiger partial charge is 0.162 e. The van der Waals surface area contributed by atoms with Crippen LogP contribution in [0, 0.1) is 0 Å². The first-order valence-electron chi connectivity index (χ1n) is 5.35. The molecule has 0 spiro atoms. The molecule has 5 nitrogen and oxygen atoms in total. The number of nitrogens with zero attached hydrogens (tertiary/aromatic N) is 2. The highest BCUT2D eigenvalue weighted by atomic mass is 16.5. The summed E-state index contributed by atoms with van der Waals surface area (Å²) in [7, 11) is 3.13. The quantitative estimate of drug-likeness (QED) is 0.830. The molecule has 1 rings (SSSR count). The Morgan fingerprint density at radius 1 is 1.31 bits per heavy atom. The predicted octanol–water partition coefficient (Wildman–Crippen LogP) is 1.54. The van der Waals surface area contributed by atoms with E-state index in [0.717, 1.165) is 0 Å². The van der Waals surface area contributed by atoms with Crippen LogP contribution in [0.1, 0.15) is 38.6 Å². The van der Waals surface area contributed by atoms with Gasteiger partial charge in [0.25, 0.3) is 0 Å². The number of rotatable bonds is 5. The SMILES string of the molecule is COc1cnn(C(C)C)c1C(O)C(C)OC. The third-order valence-electron chi connectivity index (χ3n) is 2.60. The molecule has 0 radical (unpaired) electrons. The molecule has 2 unspecified atom stereocenters. The standard InChI is InChI=1S/C11H20N2O3/c1-7(2)13-10(9(16-5)6-12-13)11(14)8(3)15-4/h6-8,11,14H,1-5H3. The van der Waals surface area contributed by atoms with Crippen LogP contribution >= 0.6 is 0 Å². The summed E-state index contributed by atoms with van der Waals surface area (Å²) in [5.41, 5.74) is 0.659. The van der Waals surface area contributed by atoms with Gasteiger partial charge in [0.2, 0.25) is 0 Å². The van der Waals surface area contributed by atoms with Crippen LogP contribution in [0.5, 0.6) is 5.75 Å². The highest BCUT2D eigenvalue weighted by Crippen LogP contribution is 2.30. The Hall–Kier alpha value is -1.07. The molecule has 0 aliphatic carbocycles. The predicted molar refractivity (Wildman–Crippen MR) is 60.6 cm³/mol. The van der Waals surface area contributed by atoms with Gasteiger partial charge in [0.15, 0.2) is 5.75 Å². The third kappa shape index (κ3) is 2.36. The van der Waals surface area contributed by atoms with E-state index in [2.05, 4.69) is 5.10 Å². The fraction of sp³-hybridized carbons (Fsp3) is 0.727. The zero-order chi connectivity index (χ0) is 12.3. The molecule has 5 heteroatoms. The van der Waals surface area contributed by atoms with Gasteiger partial charge in [-0.2, -0.15) is 5.10 Å². The Balaban J connectivity index is 3.12. The Morgan fingerprint density at radius 3 is 2.38 bits per heavy atom. The summed E-state index contributed by atoms with van der Waals surface area (Å²) in [5.74, 6) is 0.588. The van der Waals surface area contributed by atoms with E-state index in [-0.39, 0.29) is 12.1 Å². The fourth-order valence-electron chi connectivity index (χ4n) is 1.56. The molecule has 0 saturated heterocycles. The molecule has 1 aromatic rings. The maximum Gasteiger partial charge on any atom is 0.162 e. The molecule has 1 N–H and O–H groups in total. The highest BCUT2D eigenvalue weighted by Gasteiger charge is 2.25. The molecule has 0 bridgehead atoms. The van der Waals surface area contributed by atoms with Crippen molar-refractivity contribution in [1.82, 2.24) is 9.78 Å². The van der Waals surface area contributed by atoms with Crippen LogP contribution in [0.25, 0.3) is 0 Å². The minimum atomic E-state index is -0.746. The van der Waals surface area contributed by atoms with E-state index in [9.17, 15) is 5.11 Å². The van der Waals surface area contributed by atoms with Crippen molar-refractivity contribution in [3.05, 3.63) is 11.9 Å². The Morgan fingerprint density at radius 2 is 1.94 bits per heavy atom. The molecular weight excluding hydrogens is 208 g/mol. The van der Waals surface area contributed by atoms with Crippen molar-refractivity contribution >= 4 is 0 Å². The van der Waals surface area contributed by atoms with Crippen molar-refractivity contribution in [3.8, 4) is 5.75 Å². The van der Waals surface area contributed by atoms with Crippen LogP contribution < -0.4 is 4.74 Å². The normalized spacial score (nSPS) is 15.2. The lowest BCUT2D eigenvalue weighted by Crippen LogP contribution is -2.22. The molecule has 0 aliphatic rings. The molecule has 92 valence electrons. The van der Waals surface area contributed by atoms with Crippen molar-refractivity contribution in [1.29, 1.82) is 0 Å². The third-order valence-corrected chi connectivity index (χ3v) is 2.60. The zero-order valence-corrected chi connectivity index (χ0v) is 10.5. The lowest BCUT2D eigenvalue weighted by molar-refractivity contribution is -0.00750. The van der Waals surface area contributed by atoms with Gasteiger partial charge >= 0.3 is 0 Å². The Bertz CT molecular complexity index is 336. The second kappa shape index (κ2) is 5.32. The first kappa shape index (κ1) is 13.0. The zero-order valence-electron chi connectivity index (χ0n) is 10.5. The minimum Gasteiger partial charge on any atom is -0.493 e. The number of aliphatic hydroxyl groups excluding tert-OH is 1. The van der Waals surface area contributed by atoms with Gasteiger partial charge in [-0.05, 0) is 20.8 Å². The Kier molecular flexibility index (Phi) is 4.32. The van der Waals surface area contributed by atoms with Gasteiger partial charge < -0.3 is 14.6 Å². The molecule has 1 heterocycles. The van der Waals surface area contributed by atoms with Gasteiger partial charge in [-0.25, -0.2) is 0 Å². The van der Waals surface area contributed by atoms with Gasteiger partial charge in [-0.3, -0.25) is 4.68 Å². The number of aliphatic hydroxyl groups is 1. The maximum absolute atomic E-state index is 10.2. The lowest BCUT2D eigenvalue weighted by atomic mass is 10.1. The van der Waals surface area contributed by atoms with Gasteiger partial charge in [0.05, 0.1) is 19.4 Å². The van der Waals surface area contributed by atoms with Crippen molar-refractivity contribution in [3.63, 3.8) is 0 Å². The first-order chi connectivity index (χ1) is 7.52. The van der Waals surface area contributed by atoms with E-state index in [0.29, 0.717) is 11.4 Å². The second-order valence-corrected chi connectivity index (χ2v) is 4.02. The fourth-order valence-corrected chi connectivity index (χ4v) is 1.56. The number of hydrogen-bond acceptors (Lipinski definition) is 4. The lowest BCUT2D eigenvalue weighted by Gasteiger charge is -2.21. The molecule has 0 aliphatic heterocycles. The Labute approximate surface area is 96.0 Å². The summed E-state index contributed by atoms with van der Waals surface area (Å²) in [4.78, 5) is 0. The van der Waals surface area contributed by atoms with Crippen LogP contribution in [0.3, 0.4) is 0 Å². The summed E-state index contributed by atoms with van der Waals surface area (Å²) in [6, 6.07) is 0.164. The molecule has 0 amide bonds. The second-order valence-electron chi connectivity index (χ2n) is 4.02. The van der Waals surface area contributed by atoms with Crippen LogP contribution in [0.2, 0.25) is 0 Å². The molecule has 0 saturated carbocycles. The van der Waals surface area contributed by atoms with E-state index >= 15 is 0 Å². The molecule has 1 aromatic heterocycles. The van der Waals surface area contributed by atoms with E-state index < -0.39 is 6.10 Å². The molecular formula is C11H20N2O3. The molecule has 0 fully saturated rings. The minimum absolute atomic E-state index is 0.164. The summed E-state index contributed by atoms with van der Waals surface area (Å²) < 4.78 is 12.1. The van der Waals surface area contributed by atoms with Crippen molar-refractivity contribution in [2.24, 2.45) is 0 Å². The van der Waals surface area contributed by atoms with Gasteiger partial charge in [0, 0.05) is 13.2 Å². The number of hydrogen-bond donors (Lipinski definition) is 1. The average Bonchev–Trinajstić information content (AvgIpc) is 2.70. The van der Waals surface area contributed by atoms with E-state index in [1.807, 2.05) is 20.8 Å². The van der Waals surface area contributed by atoms with Crippen LogP contribution in [-0.2, 0) is 4.74 Å². The number of methoxy groups -OCH3 is 2. The highest BCUT2D eigenvalue weighted by molar-refractivity contribution is 5.28. The van der Waals surface area contributed by atoms with E-state index in [4.69, 9.17) is 9.47 Å². The monoisotopic (exact) mass is 228 g/mol. The van der Waals surface area contributed by atoms with E-state index in [1.165, 1.54) is 0 Å². The van der Waals surface area contributed by atoms with Crippen molar-refractivity contribution in [2.75, 3.05) is 14.2 Å². The summed E-state index contributed by atoms with van der Waals surface area (Å²) >= 11 is 0. The van der Waals surface area contributed by atoms with Crippen molar-refractivity contribution < 1.29 is 14.6 Å². The number of aromatic nitrogens is 2. The summed E-state index contributed by atoms with van der Waals surface area (Å²) in [5, 5.41) is 14.4. The summed E-state index contributed by atoms with van der Waals surface area (Å²) in [6.07, 6.45) is 0.564. The van der Waals surface area contributed by atoms with Crippen LogP contribution in [0.15, 0.2) is 6.20 Å². The largest absolute Gasteiger partial charge is 0.493 e. The summed E-state index contributed by atoms with van der Waals surface area (Å²) in [6.45, 7) is 5.81. The maximum atomic E-state index is 10.2. The number of ether oxygens (including phenoxy) is 2. The van der Waals surface area contributed by atoms with Crippen LogP contribution in [0.4, 0.5) is 0 Å². The van der Waals surface area contributed by atoms with Gasteiger partial charge in [0.1, 0.15) is 11.8 Å².